The smallest absolute Gasteiger partial charge is 0.310 e. The van der Waals surface area contributed by atoms with Gasteiger partial charge in [0.1, 0.15) is 5.75 Å². The quantitative estimate of drug-likeness (QED) is 0.843. The van der Waals surface area contributed by atoms with Crippen molar-refractivity contribution in [1.29, 1.82) is 0 Å². The molecule has 0 bridgehead atoms. The summed E-state index contributed by atoms with van der Waals surface area (Å²) in [6, 6.07) is 3.29. The molecule has 0 fully saturated rings. The third kappa shape index (κ3) is 2.85. The van der Waals surface area contributed by atoms with Crippen molar-refractivity contribution in [3.63, 3.8) is 0 Å². The molecule has 18 heavy (non-hydrogen) atoms. The van der Waals surface area contributed by atoms with E-state index >= 15 is 0 Å². The van der Waals surface area contributed by atoms with Crippen molar-refractivity contribution in [3.05, 3.63) is 17.7 Å². The van der Waals surface area contributed by atoms with Crippen molar-refractivity contribution >= 4 is 5.97 Å². The molecule has 1 aromatic rings. The van der Waals surface area contributed by atoms with E-state index in [-0.39, 0.29) is 0 Å². The molecule has 100 valence electrons. The van der Waals surface area contributed by atoms with Crippen molar-refractivity contribution in [1.82, 2.24) is 0 Å². The Labute approximate surface area is 106 Å². The van der Waals surface area contributed by atoms with Gasteiger partial charge in [-0.1, -0.05) is 0 Å². The molecule has 1 atom stereocenters. The van der Waals surface area contributed by atoms with Crippen LogP contribution in [0.25, 0.3) is 0 Å². The van der Waals surface area contributed by atoms with Crippen LogP contribution in [0, 0.1) is 0 Å². The minimum absolute atomic E-state index is 0.476. The van der Waals surface area contributed by atoms with E-state index < -0.39 is 11.9 Å². The van der Waals surface area contributed by atoms with Gasteiger partial charge in [0.25, 0.3) is 0 Å². The van der Waals surface area contributed by atoms with E-state index in [9.17, 15) is 4.79 Å². The highest BCUT2D eigenvalue weighted by Crippen LogP contribution is 2.38. The molecule has 1 N–H and O–H groups in total. The van der Waals surface area contributed by atoms with Crippen LogP contribution in [0.5, 0.6) is 17.2 Å². The van der Waals surface area contributed by atoms with Gasteiger partial charge in [0.05, 0.1) is 26.7 Å². The lowest BCUT2D eigenvalue weighted by Gasteiger charge is -2.16. The fourth-order valence-electron chi connectivity index (χ4n) is 1.63. The summed E-state index contributed by atoms with van der Waals surface area (Å²) in [5.41, 5.74) is 0.564. The maximum Gasteiger partial charge on any atom is 0.310 e. The highest BCUT2D eigenvalue weighted by molar-refractivity contribution is 5.77. The van der Waals surface area contributed by atoms with Crippen molar-refractivity contribution in [2.24, 2.45) is 0 Å². The normalized spacial score (nSPS) is 11.8. The molecular weight excluding hydrogens is 236 g/mol. The lowest BCUT2D eigenvalue weighted by Crippen LogP contribution is -2.10. The summed E-state index contributed by atoms with van der Waals surface area (Å²) in [5, 5.41) is 9.08. The van der Waals surface area contributed by atoms with Gasteiger partial charge in [-0.2, -0.15) is 0 Å². The zero-order chi connectivity index (χ0) is 13.7. The summed E-state index contributed by atoms with van der Waals surface area (Å²) in [6.07, 6.45) is 0. The van der Waals surface area contributed by atoms with E-state index in [0.29, 0.717) is 29.4 Å². The second-order valence-corrected chi connectivity index (χ2v) is 3.74. The Morgan fingerprint density at radius 3 is 2.28 bits per heavy atom. The van der Waals surface area contributed by atoms with Crippen LogP contribution in [0.1, 0.15) is 25.3 Å². The number of ether oxygens (including phenoxy) is 3. The first-order valence-corrected chi connectivity index (χ1v) is 5.66. The second-order valence-electron chi connectivity index (χ2n) is 3.74. The molecule has 1 unspecified atom stereocenters. The first-order chi connectivity index (χ1) is 8.54. The molecule has 5 nitrogen and oxygen atoms in total. The van der Waals surface area contributed by atoms with E-state index in [0.717, 1.165) is 0 Å². The van der Waals surface area contributed by atoms with E-state index in [1.807, 2.05) is 6.92 Å². The average molecular weight is 254 g/mol. The van der Waals surface area contributed by atoms with Crippen molar-refractivity contribution in [2.45, 2.75) is 19.8 Å². The lowest BCUT2D eigenvalue weighted by atomic mass is 9.99. The standard InChI is InChI=1S/C13H18O5/c1-5-18-12-6-9(8(2)13(14)15)10(16-3)7-11(12)17-4/h6-8H,5H2,1-4H3,(H,14,15). The summed E-state index contributed by atoms with van der Waals surface area (Å²) >= 11 is 0. The number of carboxylic acid groups (broad SMARTS) is 1. The summed E-state index contributed by atoms with van der Waals surface area (Å²) in [7, 11) is 3.02. The van der Waals surface area contributed by atoms with E-state index in [1.54, 1.807) is 19.1 Å². The number of hydrogen-bond acceptors (Lipinski definition) is 4. The predicted molar refractivity (Wildman–Crippen MR) is 66.8 cm³/mol. The molecular formula is C13H18O5. The van der Waals surface area contributed by atoms with Crippen LogP contribution >= 0.6 is 0 Å². The number of methoxy groups -OCH3 is 2. The van der Waals surface area contributed by atoms with Crippen LogP contribution in [-0.4, -0.2) is 31.9 Å². The zero-order valence-corrected chi connectivity index (χ0v) is 11.0. The first-order valence-electron chi connectivity index (χ1n) is 5.66. The Balaban J connectivity index is 3.31. The molecule has 0 aliphatic rings. The van der Waals surface area contributed by atoms with Gasteiger partial charge in [-0.25, -0.2) is 0 Å². The number of aliphatic carboxylic acids is 1. The number of carbonyl (C=O) groups is 1. The van der Waals surface area contributed by atoms with Gasteiger partial charge in [0.2, 0.25) is 0 Å². The second kappa shape index (κ2) is 6.14. The van der Waals surface area contributed by atoms with Gasteiger partial charge in [0.15, 0.2) is 11.5 Å². The van der Waals surface area contributed by atoms with Crippen LogP contribution in [-0.2, 0) is 4.79 Å². The predicted octanol–water partition coefficient (Wildman–Crippen LogP) is 2.29. The molecule has 0 heterocycles. The first kappa shape index (κ1) is 14.2. The number of hydrogen-bond donors (Lipinski definition) is 1. The third-order valence-corrected chi connectivity index (χ3v) is 2.65. The molecule has 0 spiro atoms. The van der Waals surface area contributed by atoms with E-state index in [4.69, 9.17) is 19.3 Å². The van der Waals surface area contributed by atoms with Crippen LogP contribution in [0.4, 0.5) is 0 Å². The Morgan fingerprint density at radius 1 is 1.22 bits per heavy atom. The molecule has 5 heteroatoms. The maximum absolute atomic E-state index is 11.1. The van der Waals surface area contributed by atoms with Gasteiger partial charge < -0.3 is 19.3 Å². The monoisotopic (exact) mass is 254 g/mol. The highest BCUT2D eigenvalue weighted by Gasteiger charge is 2.21. The zero-order valence-electron chi connectivity index (χ0n) is 11.0. The minimum Gasteiger partial charge on any atom is -0.496 e. The third-order valence-electron chi connectivity index (χ3n) is 2.65. The number of benzene rings is 1. The average Bonchev–Trinajstić information content (AvgIpc) is 2.37. The van der Waals surface area contributed by atoms with Gasteiger partial charge >= 0.3 is 5.97 Å². The van der Waals surface area contributed by atoms with Gasteiger partial charge in [-0.15, -0.1) is 0 Å². The summed E-state index contributed by atoms with van der Waals surface area (Å²) < 4.78 is 15.8. The largest absolute Gasteiger partial charge is 0.496 e. The molecule has 0 amide bonds. The molecule has 0 aromatic heterocycles. The molecule has 0 aliphatic heterocycles. The summed E-state index contributed by atoms with van der Waals surface area (Å²) in [5.74, 6) is -0.0740. The van der Waals surface area contributed by atoms with Crippen LogP contribution in [0.15, 0.2) is 12.1 Å². The van der Waals surface area contributed by atoms with Gasteiger partial charge in [-0.3, -0.25) is 4.79 Å². The molecule has 0 saturated heterocycles. The Morgan fingerprint density at radius 2 is 1.83 bits per heavy atom. The fraction of sp³-hybridized carbons (Fsp3) is 0.462. The Hall–Kier alpha value is -1.91. The van der Waals surface area contributed by atoms with Crippen molar-refractivity contribution in [3.8, 4) is 17.2 Å². The molecule has 1 rings (SSSR count). The molecule has 0 radical (unpaired) electrons. The van der Waals surface area contributed by atoms with Crippen LogP contribution in [0.2, 0.25) is 0 Å². The van der Waals surface area contributed by atoms with Gasteiger partial charge in [0, 0.05) is 11.6 Å². The SMILES string of the molecule is CCOc1cc(C(C)C(=O)O)c(OC)cc1OC. The van der Waals surface area contributed by atoms with Gasteiger partial charge in [-0.05, 0) is 19.9 Å². The topological polar surface area (TPSA) is 65.0 Å². The van der Waals surface area contributed by atoms with Crippen molar-refractivity contribution in [2.75, 3.05) is 20.8 Å². The molecule has 1 aromatic carbocycles. The maximum atomic E-state index is 11.1. The Bertz CT molecular complexity index is 428. The minimum atomic E-state index is -0.916. The molecule has 0 aliphatic carbocycles. The van der Waals surface area contributed by atoms with Crippen molar-refractivity contribution < 1.29 is 24.1 Å². The summed E-state index contributed by atoms with van der Waals surface area (Å²) in [6.45, 7) is 3.93. The lowest BCUT2D eigenvalue weighted by molar-refractivity contribution is -0.138. The highest BCUT2D eigenvalue weighted by atomic mass is 16.5. The van der Waals surface area contributed by atoms with Crippen LogP contribution < -0.4 is 14.2 Å². The number of rotatable bonds is 6. The Kier molecular flexibility index (Phi) is 4.83. The van der Waals surface area contributed by atoms with Crippen LogP contribution in [0.3, 0.4) is 0 Å². The molecule has 0 saturated carbocycles. The fourth-order valence-corrected chi connectivity index (χ4v) is 1.63. The van der Waals surface area contributed by atoms with E-state index in [1.165, 1.54) is 14.2 Å². The summed E-state index contributed by atoms with van der Waals surface area (Å²) in [4.78, 5) is 11.1. The number of carboxylic acids is 1. The van der Waals surface area contributed by atoms with E-state index in [2.05, 4.69) is 0 Å².